The first-order valence-electron chi connectivity index (χ1n) is 8.84. The van der Waals surface area contributed by atoms with Crippen molar-refractivity contribution in [3.05, 3.63) is 48.0 Å². The minimum atomic E-state index is -3.01. The highest BCUT2D eigenvalue weighted by Gasteiger charge is 2.19. The molecular weight excluding hydrogens is 372 g/mol. The molecule has 1 unspecified atom stereocenters. The van der Waals surface area contributed by atoms with E-state index in [0.29, 0.717) is 17.9 Å². The van der Waals surface area contributed by atoms with E-state index in [1.54, 1.807) is 24.3 Å². The molecule has 1 atom stereocenters. The van der Waals surface area contributed by atoms with E-state index in [2.05, 4.69) is 10.1 Å². The molecular formula is C20H21F2NO5. The van der Waals surface area contributed by atoms with Crippen molar-refractivity contribution in [1.29, 1.82) is 0 Å². The van der Waals surface area contributed by atoms with Crippen LogP contribution in [0.15, 0.2) is 42.5 Å². The van der Waals surface area contributed by atoms with Gasteiger partial charge in [0, 0.05) is 18.4 Å². The maximum absolute atomic E-state index is 12.7. The van der Waals surface area contributed by atoms with Gasteiger partial charge in [0.15, 0.2) is 11.5 Å². The molecule has 0 saturated carbocycles. The molecule has 6 nitrogen and oxygen atoms in total. The minimum Gasteiger partial charge on any atom is -0.493 e. The molecule has 0 aliphatic carbocycles. The standard InChI is InChI=1S/C20H21F2NO5/c1-25-17-9-8-13(11-18(17)28-20(21)22)23-19(24)15-6-2-3-7-16(15)27-12-14-5-4-10-26-14/h2-3,6-9,11,14,20H,4-5,10,12H2,1H3,(H,23,24). The van der Waals surface area contributed by atoms with E-state index in [1.165, 1.54) is 25.3 Å². The number of amides is 1. The molecule has 2 aromatic carbocycles. The molecule has 1 aliphatic rings. The number of rotatable bonds is 8. The van der Waals surface area contributed by atoms with Gasteiger partial charge in [0.25, 0.3) is 5.91 Å². The van der Waals surface area contributed by atoms with Crippen molar-refractivity contribution in [2.45, 2.75) is 25.6 Å². The number of para-hydroxylation sites is 1. The molecule has 2 aromatic rings. The van der Waals surface area contributed by atoms with Crippen LogP contribution in [0.25, 0.3) is 0 Å². The van der Waals surface area contributed by atoms with Gasteiger partial charge in [-0.15, -0.1) is 0 Å². The highest BCUT2D eigenvalue weighted by molar-refractivity contribution is 6.06. The van der Waals surface area contributed by atoms with Gasteiger partial charge in [-0.05, 0) is 37.1 Å². The van der Waals surface area contributed by atoms with Gasteiger partial charge in [0.05, 0.1) is 18.8 Å². The number of carbonyl (C=O) groups excluding carboxylic acids is 1. The molecule has 3 rings (SSSR count). The number of halogens is 2. The van der Waals surface area contributed by atoms with Crippen LogP contribution in [0.2, 0.25) is 0 Å². The van der Waals surface area contributed by atoms with Gasteiger partial charge in [-0.3, -0.25) is 4.79 Å². The van der Waals surface area contributed by atoms with Gasteiger partial charge in [-0.25, -0.2) is 0 Å². The van der Waals surface area contributed by atoms with Crippen molar-refractivity contribution in [2.24, 2.45) is 0 Å². The summed E-state index contributed by atoms with van der Waals surface area (Å²) in [6.07, 6.45) is 1.94. The summed E-state index contributed by atoms with van der Waals surface area (Å²) in [5, 5.41) is 2.66. The number of nitrogens with one attached hydrogen (secondary N) is 1. The monoisotopic (exact) mass is 393 g/mol. The normalized spacial score (nSPS) is 16.1. The van der Waals surface area contributed by atoms with Crippen LogP contribution in [0, 0.1) is 0 Å². The number of anilines is 1. The summed E-state index contributed by atoms with van der Waals surface area (Å²) < 4.78 is 45.9. The van der Waals surface area contributed by atoms with Gasteiger partial charge in [-0.1, -0.05) is 12.1 Å². The zero-order valence-corrected chi connectivity index (χ0v) is 15.3. The first-order chi connectivity index (χ1) is 13.6. The van der Waals surface area contributed by atoms with Crippen LogP contribution >= 0.6 is 0 Å². The Kier molecular flexibility index (Phi) is 6.65. The Bertz CT molecular complexity index is 809. The lowest BCUT2D eigenvalue weighted by Gasteiger charge is -2.15. The third-order valence-corrected chi connectivity index (χ3v) is 4.22. The predicted molar refractivity (Wildman–Crippen MR) is 98.5 cm³/mol. The van der Waals surface area contributed by atoms with Crippen LogP contribution in [0.1, 0.15) is 23.2 Å². The van der Waals surface area contributed by atoms with Gasteiger partial charge >= 0.3 is 6.61 Å². The van der Waals surface area contributed by atoms with E-state index in [4.69, 9.17) is 14.2 Å². The predicted octanol–water partition coefficient (Wildman–Crippen LogP) is 4.11. The maximum atomic E-state index is 12.7. The molecule has 0 aromatic heterocycles. The quantitative estimate of drug-likeness (QED) is 0.731. The number of benzene rings is 2. The topological polar surface area (TPSA) is 66.0 Å². The fraction of sp³-hybridized carbons (Fsp3) is 0.350. The Balaban J connectivity index is 1.72. The number of hydrogen-bond donors (Lipinski definition) is 1. The van der Waals surface area contributed by atoms with E-state index >= 15 is 0 Å². The Morgan fingerprint density at radius 1 is 1.21 bits per heavy atom. The lowest BCUT2D eigenvalue weighted by atomic mass is 10.1. The molecule has 1 heterocycles. The first kappa shape index (κ1) is 19.9. The molecule has 1 aliphatic heterocycles. The highest BCUT2D eigenvalue weighted by atomic mass is 19.3. The molecule has 1 saturated heterocycles. The number of ether oxygens (including phenoxy) is 4. The lowest BCUT2D eigenvalue weighted by Crippen LogP contribution is -2.19. The average molecular weight is 393 g/mol. The van der Waals surface area contributed by atoms with E-state index < -0.39 is 12.5 Å². The fourth-order valence-electron chi connectivity index (χ4n) is 2.88. The van der Waals surface area contributed by atoms with Crippen LogP contribution in [-0.4, -0.2) is 38.9 Å². The number of methoxy groups -OCH3 is 1. The van der Waals surface area contributed by atoms with E-state index in [0.717, 1.165) is 19.4 Å². The van der Waals surface area contributed by atoms with Crippen LogP contribution in [0.4, 0.5) is 14.5 Å². The third kappa shape index (κ3) is 5.10. The van der Waals surface area contributed by atoms with Crippen molar-refractivity contribution >= 4 is 11.6 Å². The second-order valence-corrected chi connectivity index (χ2v) is 6.14. The van der Waals surface area contributed by atoms with Crippen molar-refractivity contribution in [3.63, 3.8) is 0 Å². The molecule has 1 fully saturated rings. The summed E-state index contributed by atoms with van der Waals surface area (Å²) in [5.41, 5.74) is 0.614. The second-order valence-electron chi connectivity index (χ2n) is 6.14. The molecule has 0 bridgehead atoms. The van der Waals surface area contributed by atoms with Crippen molar-refractivity contribution in [1.82, 2.24) is 0 Å². The molecule has 28 heavy (non-hydrogen) atoms. The fourth-order valence-corrected chi connectivity index (χ4v) is 2.88. The third-order valence-electron chi connectivity index (χ3n) is 4.22. The van der Waals surface area contributed by atoms with E-state index in [-0.39, 0.29) is 23.3 Å². The van der Waals surface area contributed by atoms with Crippen LogP contribution in [-0.2, 0) is 4.74 Å². The average Bonchev–Trinajstić information content (AvgIpc) is 3.20. The summed E-state index contributed by atoms with van der Waals surface area (Å²) in [6, 6.07) is 11.1. The second kappa shape index (κ2) is 9.36. The van der Waals surface area contributed by atoms with Gasteiger partial charge < -0.3 is 24.3 Å². The Hall–Kier alpha value is -2.87. The van der Waals surface area contributed by atoms with Crippen molar-refractivity contribution in [2.75, 3.05) is 25.6 Å². The summed E-state index contributed by atoms with van der Waals surface area (Å²) in [7, 11) is 1.34. The first-order valence-corrected chi connectivity index (χ1v) is 8.84. The van der Waals surface area contributed by atoms with Gasteiger partial charge in [0.2, 0.25) is 0 Å². The molecule has 1 amide bonds. The highest BCUT2D eigenvalue weighted by Crippen LogP contribution is 2.32. The smallest absolute Gasteiger partial charge is 0.387 e. The summed E-state index contributed by atoms with van der Waals surface area (Å²) in [4.78, 5) is 12.7. The molecule has 1 N–H and O–H groups in total. The maximum Gasteiger partial charge on any atom is 0.387 e. The van der Waals surface area contributed by atoms with Crippen LogP contribution < -0.4 is 19.5 Å². The van der Waals surface area contributed by atoms with Gasteiger partial charge in [0.1, 0.15) is 12.4 Å². The van der Waals surface area contributed by atoms with E-state index in [1.807, 2.05) is 0 Å². The Morgan fingerprint density at radius 2 is 2.04 bits per heavy atom. The zero-order chi connectivity index (χ0) is 19.9. The minimum absolute atomic E-state index is 0.0201. The molecule has 8 heteroatoms. The lowest BCUT2D eigenvalue weighted by molar-refractivity contribution is -0.0511. The summed E-state index contributed by atoms with van der Waals surface area (Å²) >= 11 is 0. The van der Waals surface area contributed by atoms with Crippen molar-refractivity contribution < 1.29 is 32.5 Å². The number of hydrogen-bond acceptors (Lipinski definition) is 5. The van der Waals surface area contributed by atoms with Crippen LogP contribution in [0.5, 0.6) is 17.2 Å². The SMILES string of the molecule is COc1ccc(NC(=O)c2ccccc2OCC2CCCO2)cc1OC(F)F. The van der Waals surface area contributed by atoms with E-state index in [9.17, 15) is 13.6 Å². The Morgan fingerprint density at radius 3 is 2.75 bits per heavy atom. The Labute approximate surface area is 161 Å². The number of alkyl halides is 2. The van der Waals surface area contributed by atoms with Crippen molar-refractivity contribution in [3.8, 4) is 17.2 Å². The molecule has 0 spiro atoms. The van der Waals surface area contributed by atoms with Crippen LogP contribution in [0.3, 0.4) is 0 Å². The largest absolute Gasteiger partial charge is 0.493 e. The summed E-state index contributed by atoms with van der Waals surface area (Å²) in [5.74, 6) is -0.0408. The summed E-state index contributed by atoms with van der Waals surface area (Å²) in [6.45, 7) is -1.93. The number of carbonyl (C=O) groups is 1. The molecule has 150 valence electrons. The van der Waals surface area contributed by atoms with Gasteiger partial charge in [-0.2, -0.15) is 8.78 Å². The zero-order valence-electron chi connectivity index (χ0n) is 15.3. The molecule has 0 radical (unpaired) electrons.